The second kappa shape index (κ2) is 7.42. The van der Waals surface area contributed by atoms with E-state index in [0.29, 0.717) is 6.29 Å². The predicted octanol–water partition coefficient (Wildman–Crippen LogP) is -0.703. The van der Waals surface area contributed by atoms with Gasteiger partial charge in [-0.3, -0.25) is 9.59 Å². The van der Waals surface area contributed by atoms with Crippen molar-refractivity contribution in [3.63, 3.8) is 0 Å². The summed E-state index contributed by atoms with van der Waals surface area (Å²) in [6, 6.07) is 0. The van der Waals surface area contributed by atoms with E-state index in [0.717, 1.165) is 0 Å². The van der Waals surface area contributed by atoms with E-state index in [1.807, 2.05) is 0 Å². The highest BCUT2D eigenvalue weighted by Crippen LogP contribution is 1.87. The van der Waals surface area contributed by atoms with Crippen LogP contribution in [0.2, 0.25) is 0 Å². The number of ketones is 1. The molecule has 74 valence electrons. The predicted molar refractivity (Wildman–Crippen MR) is 45.2 cm³/mol. The van der Waals surface area contributed by atoms with Crippen LogP contribution in [0, 0.1) is 0 Å². The van der Waals surface area contributed by atoms with E-state index in [1.54, 1.807) is 6.92 Å². The minimum Gasteiger partial charge on any atom is -0.466 e. The van der Waals surface area contributed by atoms with Crippen LogP contribution < -0.4 is 5.32 Å². The number of carbonyl (C=O) groups is 3. The number of hydrogen-bond donors (Lipinski definition) is 1. The average Bonchev–Trinajstić information content (AvgIpc) is 2.05. The summed E-state index contributed by atoms with van der Waals surface area (Å²) in [5, 5.41) is 2.56. The molecule has 5 heteroatoms. The Bertz CT molecular complexity index is 191. The fourth-order valence-electron chi connectivity index (χ4n) is 0.706. The topological polar surface area (TPSA) is 72.5 Å². The number of carbonyl (C=O) groups excluding carboxylic acids is 3. The van der Waals surface area contributed by atoms with Crippen LogP contribution in [0.1, 0.15) is 13.3 Å². The molecule has 0 unspecified atom stereocenters. The van der Waals surface area contributed by atoms with Crippen LogP contribution in [0.25, 0.3) is 0 Å². The molecule has 0 spiro atoms. The van der Waals surface area contributed by atoms with Crippen LogP contribution in [0.4, 0.5) is 0 Å². The van der Waals surface area contributed by atoms with Crippen LogP contribution in [0.5, 0.6) is 0 Å². The summed E-state index contributed by atoms with van der Waals surface area (Å²) < 4.78 is 4.56. The molecule has 0 radical (unpaired) electrons. The van der Waals surface area contributed by atoms with Gasteiger partial charge in [0.25, 0.3) is 0 Å². The van der Waals surface area contributed by atoms with E-state index in [2.05, 4.69) is 10.1 Å². The van der Waals surface area contributed by atoms with Crippen LogP contribution in [0.15, 0.2) is 0 Å². The maximum absolute atomic E-state index is 10.9. The van der Waals surface area contributed by atoms with E-state index in [9.17, 15) is 14.4 Å². The average molecular weight is 187 g/mol. The highest BCUT2D eigenvalue weighted by atomic mass is 16.5. The van der Waals surface area contributed by atoms with Crippen LogP contribution >= 0.6 is 0 Å². The van der Waals surface area contributed by atoms with Crippen molar-refractivity contribution < 1.29 is 19.1 Å². The third-order valence-corrected chi connectivity index (χ3v) is 1.20. The second-order valence-electron chi connectivity index (χ2n) is 2.32. The Morgan fingerprint density at radius 1 is 1.46 bits per heavy atom. The SMILES string of the molecule is CCOC(=O)CC(=O)CNCC=O. The molecule has 1 N–H and O–H groups in total. The van der Waals surface area contributed by atoms with Crippen molar-refractivity contribution in [2.75, 3.05) is 19.7 Å². The Hall–Kier alpha value is -1.23. The Kier molecular flexibility index (Phi) is 6.72. The lowest BCUT2D eigenvalue weighted by atomic mass is 10.3. The first-order valence-corrected chi connectivity index (χ1v) is 4.02. The van der Waals surface area contributed by atoms with Gasteiger partial charge in [0, 0.05) is 0 Å². The molecule has 0 atom stereocenters. The lowest BCUT2D eigenvalue weighted by molar-refractivity contribution is -0.145. The molecule has 0 aliphatic carbocycles. The number of rotatable bonds is 7. The molecule has 0 aromatic carbocycles. The first-order chi connectivity index (χ1) is 6.20. The van der Waals surface area contributed by atoms with Crippen molar-refractivity contribution >= 4 is 18.0 Å². The molecular weight excluding hydrogens is 174 g/mol. The van der Waals surface area contributed by atoms with Gasteiger partial charge in [-0.2, -0.15) is 0 Å². The summed E-state index contributed by atoms with van der Waals surface area (Å²) >= 11 is 0. The molecule has 0 bridgehead atoms. The number of hydrogen-bond acceptors (Lipinski definition) is 5. The molecule has 0 fully saturated rings. The van der Waals surface area contributed by atoms with Gasteiger partial charge in [0.05, 0.1) is 19.7 Å². The van der Waals surface area contributed by atoms with Gasteiger partial charge in [-0.05, 0) is 6.92 Å². The molecule has 0 amide bonds. The number of aldehydes is 1. The molecule has 0 rings (SSSR count). The summed E-state index contributed by atoms with van der Waals surface area (Å²) in [5.74, 6) is -0.805. The van der Waals surface area contributed by atoms with Crippen molar-refractivity contribution in [2.45, 2.75) is 13.3 Å². The second-order valence-corrected chi connectivity index (χ2v) is 2.32. The molecule has 13 heavy (non-hydrogen) atoms. The molecule has 0 aliphatic rings. The summed E-state index contributed by atoms with van der Waals surface area (Å²) in [4.78, 5) is 31.5. The van der Waals surface area contributed by atoms with Crippen molar-refractivity contribution in [3.05, 3.63) is 0 Å². The highest BCUT2D eigenvalue weighted by molar-refractivity contribution is 5.96. The summed E-state index contributed by atoms with van der Waals surface area (Å²) in [6.07, 6.45) is 0.414. The van der Waals surface area contributed by atoms with Crippen molar-refractivity contribution in [1.29, 1.82) is 0 Å². The van der Waals surface area contributed by atoms with Crippen LogP contribution in [-0.4, -0.2) is 37.7 Å². The van der Waals surface area contributed by atoms with Gasteiger partial charge >= 0.3 is 5.97 Å². The lowest BCUT2D eigenvalue weighted by Gasteiger charge is -2.00. The number of Topliss-reactive ketones (excluding diaryl/α,β-unsaturated/α-hetero) is 1. The molecule has 0 saturated carbocycles. The van der Waals surface area contributed by atoms with Crippen LogP contribution in [0.3, 0.4) is 0 Å². The van der Waals surface area contributed by atoms with E-state index in [1.165, 1.54) is 0 Å². The minimum absolute atomic E-state index is 0.0254. The monoisotopic (exact) mass is 187 g/mol. The maximum Gasteiger partial charge on any atom is 0.313 e. The largest absolute Gasteiger partial charge is 0.466 e. The third kappa shape index (κ3) is 7.14. The Labute approximate surface area is 76.4 Å². The van der Waals surface area contributed by atoms with Gasteiger partial charge in [0.1, 0.15) is 12.7 Å². The summed E-state index contributed by atoms with van der Waals surface area (Å²) in [6.45, 7) is 2.09. The molecule has 0 saturated heterocycles. The molecule has 0 heterocycles. The summed E-state index contributed by atoms with van der Waals surface area (Å²) in [7, 11) is 0. The van der Waals surface area contributed by atoms with E-state index in [-0.39, 0.29) is 31.9 Å². The highest BCUT2D eigenvalue weighted by Gasteiger charge is 2.08. The van der Waals surface area contributed by atoms with Gasteiger partial charge in [-0.15, -0.1) is 0 Å². The third-order valence-electron chi connectivity index (χ3n) is 1.20. The fourth-order valence-corrected chi connectivity index (χ4v) is 0.706. The van der Waals surface area contributed by atoms with Crippen molar-refractivity contribution in [2.24, 2.45) is 0 Å². The number of esters is 1. The first-order valence-electron chi connectivity index (χ1n) is 4.02. The lowest BCUT2D eigenvalue weighted by Crippen LogP contribution is -2.26. The zero-order chi connectivity index (χ0) is 10.1. The van der Waals surface area contributed by atoms with E-state index < -0.39 is 5.97 Å². The first kappa shape index (κ1) is 11.8. The Morgan fingerprint density at radius 2 is 2.15 bits per heavy atom. The molecular formula is C8H13NO4. The molecule has 0 aromatic rings. The van der Waals surface area contributed by atoms with E-state index >= 15 is 0 Å². The fraction of sp³-hybridized carbons (Fsp3) is 0.625. The van der Waals surface area contributed by atoms with Crippen molar-refractivity contribution in [3.8, 4) is 0 Å². The molecule has 0 aromatic heterocycles. The van der Waals surface area contributed by atoms with Crippen LogP contribution in [-0.2, 0) is 19.1 Å². The standard InChI is InChI=1S/C8H13NO4/c1-2-13-8(12)5-7(11)6-9-3-4-10/h4,9H,2-3,5-6H2,1H3. The molecule has 5 nitrogen and oxygen atoms in total. The Morgan fingerprint density at radius 3 is 2.69 bits per heavy atom. The van der Waals surface area contributed by atoms with E-state index in [4.69, 9.17) is 0 Å². The molecule has 0 aliphatic heterocycles. The van der Waals surface area contributed by atoms with Gasteiger partial charge in [0.2, 0.25) is 0 Å². The van der Waals surface area contributed by atoms with Gasteiger partial charge in [-0.1, -0.05) is 0 Å². The number of nitrogens with one attached hydrogen (secondary N) is 1. The van der Waals surface area contributed by atoms with Crippen molar-refractivity contribution in [1.82, 2.24) is 5.32 Å². The maximum atomic E-state index is 10.9. The quantitative estimate of drug-likeness (QED) is 0.247. The zero-order valence-electron chi connectivity index (χ0n) is 7.54. The minimum atomic E-state index is -0.527. The number of ether oxygens (including phenoxy) is 1. The van der Waals surface area contributed by atoms with Gasteiger partial charge in [0.15, 0.2) is 5.78 Å². The Balaban J connectivity index is 3.49. The van der Waals surface area contributed by atoms with Gasteiger partial charge < -0.3 is 14.8 Å². The van der Waals surface area contributed by atoms with Gasteiger partial charge in [-0.25, -0.2) is 0 Å². The zero-order valence-corrected chi connectivity index (χ0v) is 7.54. The normalized spacial score (nSPS) is 9.31. The smallest absolute Gasteiger partial charge is 0.313 e. The summed E-state index contributed by atoms with van der Waals surface area (Å²) in [5.41, 5.74) is 0.